The lowest BCUT2D eigenvalue weighted by atomic mass is 10.00. The highest BCUT2D eigenvalue weighted by molar-refractivity contribution is 5.92. The van der Waals surface area contributed by atoms with Gasteiger partial charge in [-0.3, -0.25) is 14.5 Å². The van der Waals surface area contributed by atoms with Gasteiger partial charge >= 0.3 is 0 Å². The molecule has 9 heteroatoms. The number of likely N-dealkylation sites (tertiary alicyclic amines) is 1. The number of amides is 2. The second-order valence-electron chi connectivity index (χ2n) is 9.80. The minimum atomic E-state index is -0.664. The third-order valence-corrected chi connectivity index (χ3v) is 6.73. The van der Waals surface area contributed by atoms with Crippen LogP contribution in [-0.2, 0) is 17.8 Å². The molecule has 0 saturated carbocycles. The van der Waals surface area contributed by atoms with E-state index in [1.807, 2.05) is 24.8 Å². The van der Waals surface area contributed by atoms with Gasteiger partial charge in [0, 0.05) is 57.3 Å². The molecule has 2 aliphatic heterocycles. The largest absolute Gasteiger partial charge is 0.390 e. The van der Waals surface area contributed by atoms with Crippen LogP contribution in [0.15, 0.2) is 36.7 Å². The van der Waals surface area contributed by atoms with Crippen LogP contribution in [0.1, 0.15) is 48.3 Å². The van der Waals surface area contributed by atoms with Crippen LogP contribution < -0.4 is 10.6 Å². The normalized spacial score (nSPS) is 17.7. The van der Waals surface area contributed by atoms with Crippen molar-refractivity contribution in [3.05, 3.63) is 53.5 Å². The van der Waals surface area contributed by atoms with Crippen molar-refractivity contribution in [1.29, 1.82) is 0 Å². The second-order valence-corrected chi connectivity index (χ2v) is 9.80. The summed E-state index contributed by atoms with van der Waals surface area (Å²) < 4.78 is 0. The monoisotopic (exact) mass is 480 g/mol. The fourth-order valence-electron chi connectivity index (χ4n) is 4.75. The Morgan fingerprint density at radius 1 is 1.11 bits per heavy atom. The number of aromatic nitrogens is 2. The third kappa shape index (κ3) is 6.76. The van der Waals surface area contributed by atoms with Gasteiger partial charge in [-0.05, 0) is 30.4 Å². The van der Waals surface area contributed by atoms with E-state index in [-0.39, 0.29) is 36.0 Å². The number of β-amino-alcohol motifs (C(OH)–C–C–N with tert-alkyl or cyclic N) is 1. The summed E-state index contributed by atoms with van der Waals surface area (Å²) in [5, 5.41) is 16.6. The van der Waals surface area contributed by atoms with Gasteiger partial charge in [-0.2, -0.15) is 0 Å². The fourth-order valence-corrected chi connectivity index (χ4v) is 4.75. The molecule has 1 aromatic heterocycles. The average molecular weight is 481 g/mol. The molecule has 4 rings (SSSR count). The van der Waals surface area contributed by atoms with E-state index in [1.54, 1.807) is 6.07 Å². The molecule has 3 heterocycles. The Kier molecular flexibility index (Phi) is 8.30. The number of aliphatic hydroxyl groups is 1. The van der Waals surface area contributed by atoms with Crippen molar-refractivity contribution in [2.24, 2.45) is 5.92 Å². The van der Waals surface area contributed by atoms with Crippen molar-refractivity contribution in [1.82, 2.24) is 25.1 Å². The Hall–Kier alpha value is -3.04. The summed E-state index contributed by atoms with van der Waals surface area (Å²) in [7, 11) is 0. The number of piperidine rings is 1. The topological polar surface area (TPSA) is 111 Å². The maximum absolute atomic E-state index is 12.6. The number of anilines is 1. The van der Waals surface area contributed by atoms with Crippen molar-refractivity contribution < 1.29 is 14.7 Å². The van der Waals surface area contributed by atoms with Gasteiger partial charge in [-0.1, -0.05) is 38.1 Å². The van der Waals surface area contributed by atoms with Gasteiger partial charge in [-0.25, -0.2) is 9.97 Å². The molecule has 3 N–H and O–H groups in total. The molecule has 0 radical (unpaired) electrons. The number of hydrogen-bond acceptors (Lipinski definition) is 7. The molecule has 9 nitrogen and oxygen atoms in total. The number of benzene rings is 1. The molecule has 1 atom stereocenters. The average Bonchev–Trinajstić information content (AvgIpc) is 2.87. The first kappa shape index (κ1) is 25.1. The zero-order valence-electron chi connectivity index (χ0n) is 20.6. The van der Waals surface area contributed by atoms with Crippen molar-refractivity contribution in [2.75, 3.05) is 38.0 Å². The van der Waals surface area contributed by atoms with E-state index in [1.165, 1.54) is 17.5 Å². The Morgan fingerprint density at radius 3 is 2.60 bits per heavy atom. The maximum atomic E-state index is 12.6. The van der Waals surface area contributed by atoms with Crippen molar-refractivity contribution in [2.45, 2.75) is 51.8 Å². The van der Waals surface area contributed by atoms with Gasteiger partial charge in [0.1, 0.15) is 17.8 Å². The molecular formula is C26H36N6O3. The van der Waals surface area contributed by atoms with Crippen molar-refractivity contribution in [3.8, 4) is 0 Å². The number of aliphatic hydroxyl groups excluding tert-OH is 1. The minimum absolute atomic E-state index is 0.0116. The molecular weight excluding hydrogens is 444 g/mol. The van der Waals surface area contributed by atoms with Gasteiger partial charge in [0.05, 0.1) is 6.10 Å². The number of nitrogens with zero attached hydrogens (tertiary/aromatic N) is 4. The summed E-state index contributed by atoms with van der Waals surface area (Å²) >= 11 is 0. The predicted molar refractivity (Wildman–Crippen MR) is 134 cm³/mol. The second kappa shape index (κ2) is 11.6. The lowest BCUT2D eigenvalue weighted by Crippen LogP contribution is -2.44. The van der Waals surface area contributed by atoms with E-state index in [0.29, 0.717) is 25.5 Å². The molecule has 2 aromatic rings. The SMILES string of the molecule is CC(C)C(=O)N1CCC(Nc2cc(C(=O)NCC(O)CN3CCc4ccccc4C3)ncn2)CC1. The molecule has 0 spiro atoms. The summed E-state index contributed by atoms with van der Waals surface area (Å²) in [6.45, 7) is 7.65. The summed E-state index contributed by atoms with van der Waals surface area (Å²) in [5.41, 5.74) is 2.93. The van der Waals surface area contributed by atoms with Crippen molar-refractivity contribution in [3.63, 3.8) is 0 Å². The highest BCUT2D eigenvalue weighted by Gasteiger charge is 2.25. The molecule has 188 valence electrons. The standard InChI is InChI=1S/C26H36N6O3/c1-18(2)26(35)32-11-8-21(9-12-32)30-24-13-23(28-17-29-24)25(34)27-14-22(33)16-31-10-7-19-5-3-4-6-20(19)15-31/h3-6,13,17-18,21-22,33H,7-12,14-16H2,1-2H3,(H,27,34)(H,28,29,30). The number of carbonyl (C=O) groups is 2. The van der Waals surface area contributed by atoms with Gasteiger partial charge in [0.2, 0.25) is 5.91 Å². The Labute approximate surface area is 206 Å². The van der Waals surface area contributed by atoms with Crippen LogP contribution in [0.2, 0.25) is 0 Å². The lowest BCUT2D eigenvalue weighted by Gasteiger charge is -2.33. The Balaban J connectivity index is 1.22. The van der Waals surface area contributed by atoms with E-state index in [0.717, 1.165) is 32.4 Å². The molecule has 1 unspecified atom stereocenters. The van der Waals surface area contributed by atoms with Crippen molar-refractivity contribution >= 4 is 17.6 Å². The predicted octanol–water partition coefficient (Wildman–Crippen LogP) is 1.68. The number of fused-ring (bicyclic) bond motifs is 1. The summed E-state index contributed by atoms with van der Waals surface area (Å²) in [6, 6.07) is 10.2. The molecule has 1 fully saturated rings. The number of hydrogen-bond donors (Lipinski definition) is 3. The number of nitrogens with one attached hydrogen (secondary N) is 2. The zero-order valence-corrected chi connectivity index (χ0v) is 20.6. The van der Waals surface area contributed by atoms with Crippen LogP contribution >= 0.6 is 0 Å². The van der Waals surface area contributed by atoms with Gasteiger partial charge in [0.25, 0.3) is 5.91 Å². The van der Waals surface area contributed by atoms with Crippen LogP contribution in [0, 0.1) is 5.92 Å². The molecule has 1 aromatic carbocycles. The fraction of sp³-hybridized carbons (Fsp3) is 0.538. The van der Waals surface area contributed by atoms with Gasteiger partial charge in [0.15, 0.2) is 0 Å². The first-order valence-electron chi connectivity index (χ1n) is 12.5. The van der Waals surface area contributed by atoms with Crippen LogP contribution in [-0.4, -0.2) is 81.6 Å². The van der Waals surface area contributed by atoms with Crippen LogP contribution in [0.3, 0.4) is 0 Å². The first-order valence-corrected chi connectivity index (χ1v) is 12.5. The van der Waals surface area contributed by atoms with Gasteiger partial charge in [-0.15, -0.1) is 0 Å². The number of rotatable bonds is 8. The molecule has 1 saturated heterocycles. The zero-order chi connectivity index (χ0) is 24.8. The molecule has 35 heavy (non-hydrogen) atoms. The number of carbonyl (C=O) groups excluding carboxylic acids is 2. The van der Waals surface area contributed by atoms with Crippen LogP contribution in [0.25, 0.3) is 0 Å². The minimum Gasteiger partial charge on any atom is -0.390 e. The summed E-state index contributed by atoms with van der Waals surface area (Å²) in [5.74, 6) is 0.455. The molecule has 2 aliphatic rings. The van der Waals surface area contributed by atoms with E-state index >= 15 is 0 Å². The van der Waals surface area contributed by atoms with Gasteiger partial charge < -0.3 is 20.6 Å². The smallest absolute Gasteiger partial charge is 0.270 e. The highest BCUT2D eigenvalue weighted by atomic mass is 16.3. The summed E-state index contributed by atoms with van der Waals surface area (Å²) in [6.07, 6.45) is 3.34. The van der Waals surface area contributed by atoms with E-state index in [9.17, 15) is 14.7 Å². The lowest BCUT2D eigenvalue weighted by molar-refractivity contribution is -0.135. The quantitative estimate of drug-likeness (QED) is 0.527. The molecule has 0 aliphatic carbocycles. The van der Waals surface area contributed by atoms with Crippen LogP contribution in [0.5, 0.6) is 0 Å². The van der Waals surface area contributed by atoms with E-state index < -0.39 is 6.10 Å². The van der Waals surface area contributed by atoms with E-state index in [4.69, 9.17) is 0 Å². The third-order valence-electron chi connectivity index (χ3n) is 6.73. The summed E-state index contributed by atoms with van der Waals surface area (Å²) in [4.78, 5) is 37.3. The molecule has 2 amide bonds. The highest BCUT2D eigenvalue weighted by Crippen LogP contribution is 2.19. The Bertz CT molecular complexity index is 1020. The maximum Gasteiger partial charge on any atom is 0.270 e. The van der Waals surface area contributed by atoms with Crippen LogP contribution in [0.4, 0.5) is 5.82 Å². The molecule has 0 bridgehead atoms. The Morgan fingerprint density at radius 2 is 1.86 bits per heavy atom. The van der Waals surface area contributed by atoms with E-state index in [2.05, 4.69) is 43.7 Å². The first-order chi connectivity index (χ1) is 16.9.